The molecule has 0 aliphatic heterocycles. The maximum Gasteiger partial charge on any atom is 0.268 e. The van der Waals surface area contributed by atoms with Crippen molar-refractivity contribution in [3.05, 3.63) is 45.2 Å². The Hall–Kier alpha value is -1.90. The highest BCUT2D eigenvalue weighted by Gasteiger charge is 2.10. The number of hydrogen-bond acceptors (Lipinski definition) is 4. The van der Waals surface area contributed by atoms with Gasteiger partial charge in [-0.05, 0) is 17.3 Å². The van der Waals surface area contributed by atoms with Crippen LogP contribution in [-0.4, -0.2) is 9.97 Å². The predicted molar refractivity (Wildman–Crippen MR) is 65.6 cm³/mol. The largest absolute Gasteiger partial charge is 0.742 e. The standard InChI is InChI=1S/C11H6ClN3OS/c12-7-3-1-6(2-4-7)9-8(5-13)10(16)15-11(17)14-9/h1-4H,(H2,14,15,16,17)/p-1. The summed E-state index contributed by atoms with van der Waals surface area (Å²) in [6.45, 7) is 0. The van der Waals surface area contributed by atoms with Gasteiger partial charge in [-0.25, -0.2) is 0 Å². The number of nitriles is 1. The highest BCUT2D eigenvalue weighted by atomic mass is 35.5. The van der Waals surface area contributed by atoms with Gasteiger partial charge in [-0.15, -0.1) is 0 Å². The van der Waals surface area contributed by atoms with Crippen molar-refractivity contribution in [1.29, 1.82) is 5.26 Å². The molecule has 84 valence electrons. The van der Waals surface area contributed by atoms with E-state index in [1.54, 1.807) is 24.3 Å². The lowest BCUT2D eigenvalue weighted by atomic mass is 10.1. The SMILES string of the molecule is N#Cc1c(-c2ccc(Cl)cc2)nc([S-])[nH]c1=O. The Labute approximate surface area is 107 Å². The maximum atomic E-state index is 11.5. The van der Waals surface area contributed by atoms with Gasteiger partial charge in [0.2, 0.25) is 0 Å². The number of halogens is 1. The van der Waals surface area contributed by atoms with Crippen molar-refractivity contribution in [1.82, 2.24) is 9.97 Å². The molecule has 1 N–H and O–H groups in total. The van der Waals surface area contributed by atoms with Crippen LogP contribution >= 0.6 is 11.6 Å². The number of hydrogen-bond donors (Lipinski definition) is 1. The smallest absolute Gasteiger partial charge is 0.268 e. The third-order valence-electron chi connectivity index (χ3n) is 2.13. The average Bonchev–Trinajstić information content (AvgIpc) is 2.29. The zero-order chi connectivity index (χ0) is 12.4. The number of aromatic nitrogens is 2. The maximum absolute atomic E-state index is 11.5. The molecule has 2 aromatic rings. The normalized spacial score (nSPS) is 9.88. The lowest BCUT2D eigenvalue weighted by Crippen LogP contribution is -2.14. The van der Waals surface area contributed by atoms with Gasteiger partial charge in [-0.3, -0.25) is 9.78 Å². The summed E-state index contributed by atoms with van der Waals surface area (Å²) >= 11 is 10.6. The molecule has 2 rings (SSSR count). The van der Waals surface area contributed by atoms with Gasteiger partial charge in [0.1, 0.15) is 11.6 Å². The molecule has 0 radical (unpaired) electrons. The monoisotopic (exact) mass is 262 g/mol. The van der Waals surface area contributed by atoms with E-state index in [2.05, 4.69) is 9.97 Å². The van der Waals surface area contributed by atoms with Gasteiger partial charge in [0.05, 0.1) is 5.69 Å². The highest BCUT2D eigenvalue weighted by Crippen LogP contribution is 2.21. The summed E-state index contributed by atoms with van der Waals surface area (Å²) in [6, 6.07) is 8.49. The third-order valence-corrected chi connectivity index (χ3v) is 2.57. The Morgan fingerprint density at radius 2 is 2.00 bits per heavy atom. The predicted octanol–water partition coefficient (Wildman–Crippen LogP) is 1.87. The molecule has 0 aliphatic rings. The van der Waals surface area contributed by atoms with Crippen LogP contribution in [0.2, 0.25) is 5.02 Å². The summed E-state index contributed by atoms with van der Waals surface area (Å²) in [5.74, 6) is 0. The topological polar surface area (TPSA) is 69.5 Å². The lowest BCUT2D eigenvalue weighted by molar-refractivity contribution is 0.940. The van der Waals surface area contributed by atoms with Crippen LogP contribution in [0, 0.1) is 11.3 Å². The minimum absolute atomic E-state index is 0.0546. The summed E-state index contributed by atoms with van der Waals surface area (Å²) in [5, 5.41) is 9.56. The molecule has 0 atom stereocenters. The van der Waals surface area contributed by atoms with Crippen molar-refractivity contribution in [3.63, 3.8) is 0 Å². The first-order valence-electron chi connectivity index (χ1n) is 4.59. The number of aromatic amines is 1. The summed E-state index contributed by atoms with van der Waals surface area (Å²) < 4.78 is 0. The molecule has 1 heterocycles. The van der Waals surface area contributed by atoms with E-state index in [9.17, 15) is 4.79 Å². The van der Waals surface area contributed by atoms with Crippen LogP contribution in [0.4, 0.5) is 0 Å². The Bertz CT molecular complexity index is 658. The molecule has 0 bridgehead atoms. The van der Waals surface area contributed by atoms with Crippen molar-refractivity contribution < 1.29 is 0 Å². The van der Waals surface area contributed by atoms with E-state index in [0.29, 0.717) is 10.6 Å². The summed E-state index contributed by atoms with van der Waals surface area (Å²) in [7, 11) is 0. The highest BCUT2D eigenvalue weighted by molar-refractivity contribution is 7.58. The second kappa shape index (κ2) is 4.53. The Balaban J connectivity index is 2.71. The molecular formula is C11H5ClN3OS-. The number of H-pyrrole nitrogens is 1. The summed E-state index contributed by atoms with van der Waals surface area (Å²) in [4.78, 5) is 17.8. The number of rotatable bonds is 1. The molecule has 4 nitrogen and oxygen atoms in total. The van der Waals surface area contributed by atoms with Crippen LogP contribution in [0.1, 0.15) is 5.56 Å². The van der Waals surface area contributed by atoms with E-state index in [1.807, 2.05) is 6.07 Å². The first-order valence-corrected chi connectivity index (χ1v) is 5.38. The second-order valence-corrected chi connectivity index (χ2v) is 4.04. The van der Waals surface area contributed by atoms with Gasteiger partial charge in [-0.2, -0.15) is 5.26 Å². The van der Waals surface area contributed by atoms with Crippen LogP contribution in [0.3, 0.4) is 0 Å². The molecule has 0 unspecified atom stereocenters. The summed E-state index contributed by atoms with van der Waals surface area (Å²) in [6.07, 6.45) is 0. The Kier molecular flexibility index (Phi) is 3.09. The van der Waals surface area contributed by atoms with Gasteiger partial charge >= 0.3 is 0 Å². The van der Waals surface area contributed by atoms with Gasteiger partial charge < -0.3 is 17.6 Å². The van der Waals surface area contributed by atoms with Crippen molar-refractivity contribution in [2.45, 2.75) is 5.16 Å². The van der Waals surface area contributed by atoms with Crippen molar-refractivity contribution in [2.75, 3.05) is 0 Å². The number of nitrogens with zero attached hydrogens (tertiary/aromatic N) is 2. The van der Waals surface area contributed by atoms with Crippen molar-refractivity contribution in [2.24, 2.45) is 0 Å². The molecule has 0 amide bonds. The Morgan fingerprint density at radius 1 is 1.35 bits per heavy atom. The Morgan fingerprint density at radius 3 is 2.59 bits per heavy atom. The van der Waals surface area contributed by atoms with Crippen LogP contribution in [0.15, 0.2) is 34.2 Å². The average molecular weight is 263 g/mol. The number of benzene rings is 1. The van der Waals surface area contributed by atoms with Gasteiger partial charge in [-0.1, -0.05) is 23.7 Å². The molecule has 1 aromatic carbocycles. The fraction of sp³-hybridized carbons (Fsp3) is 0. The molecule has 1 aromatic heterocycles. The van der Waals surface area contributed by atoms with E-state index in [4.69, 9.17) is 29.5 Å². The van der Waals surface area contributed by atoms with E-state index in [1.165, 1.54) is 0 Å². The van der Waals surface area contributed by atoms with Crippen LogP contribution in [0.5, 0.6) is 0 Å². The first kappa shape index (κ1) is 11.6. The minimum atomic E-state index is -0.530. The second-order valence-electron chi connectivity index (χ2n) is 3.21. The lowest BCUT2D eigenvalue weighted by Gasteiger charge is -2.08. The molecular weight excluding hydrogens is 258 g/mol. The number of nitrogens with one attached hydrogen (secondary N) is 1. The van der Waals surface area contributed by atoms with Crippen molar-refractivity contribution >= 4 is 24.2 Å². The molecule has 6 heteroatoms. The molecule has 0 spiro atoms. The van der Waals surface area contributed by atoms with E-state index >= 15 is 0 Å². The van der Waals surface area contributed by atoms with E-state index in [-0.39, 0.29) is 16.4 Å². The van der Waals surface area contributed by atoms with E-state index < -0.39 is 5.56 Å². The first-order chi connectivity index (χ1) is 8.11. The minimum Gasteiger partial charge on any atom is -0.742 e. The summed E-state index contributed by atoms with van der Waals surface area (Å²) in [5.41, 5.74) is 0.319. The zero-order valence-electron chi connectivity index (χ0n) is 8.40. The van der Waals surface area contributed by atoms with E-state index in [0.717, 1.165) is 0 Å². The third kappa shape index (κ3) is 2.28. The molecule has 0 fully saturated rings. The van der Waals surface area contributed by atoms with Crippen LogP contribution in [0.25, 0.3) is 11.3 Å². The van der Waals surface area contributed by atoms with Crippen LogP contribution < -0.4 is 5.56 Å². The van der Waals surface area contributed by atoms with Crippen molar-refractivity contribution in [3.8, 4) is 17.3 Å². The zero-order valence-corrected chi connectivity index (χ0v) is 9.97. The molecule has 0 saturated heterocycles. The molecule has 17 heavy (non-hydrogen) atoms. The quantitative estimate of drug-likeness (QED) is 0.629. The van der Waals surface area contributed by atoms with Gasteiger partial charge in [0.15, 0.2) is 0 Å². The fourth-order valence-corrected chi connectivity index (χ4v) is 1.68. The molecule has 0 aliphatic carbocycles. The fourth-order valence-electron chi connectivity index (χ4n) is 1.37. The molecule has 0 saturated carbocycles. The van der Waals surface area contributed by atoms with Gasteiger partial charge in [0, 0.05) is 10.6 Å². The van der Waals surface area contributed by atoms with Crippen LogP contribution in [-0.2, 0) is 12.6 Å². The van der Waals surface area contributed by atoms with Gasteiger partial charge in [0.25, 0.3) is 5.56 Å².